The largest absolute Gasteiger partial charge is 0.454 e. The van der Waals surface area contributed by atoms with Crippen LogP contribution in [-0.2, 0) is 16.1 Å². The first-order chi connectivity index (χ1) is 15.6. The molecule has 3 aromatic rings. The number of fused-ring (bicyclic) bond motifs is 2. The summed E-state index contributed by atoms with van der Waals surface area (Å²) in [5, 5.41) is 13.4. The maximum absolute atomic E-state index is 13.1. The van der Waals surface area contributed by atoms with Crippen molar-refractivity contribution in [2.75, 3.05) is 11.7 Å². The van der Waals surface area contributed by atoms with E-state index in [1.807, 2.05) is 0 Å². The molecule has 2 atom stereocenters. The van der Waals surface area contributed by atoms with Crippen molar-refractivity contribution in [2.45, 2.75) is 18.6 Å². The van der Waals surface area contributed by atoms with Gasteiger partial charge in [0.05, 0.1) is 5.69 Å². The molecule has 6 rings (SSSR count). The number of imide groups is 1. The molecule has 0 bridgehead atoms. The third-order valence-corrected chi connectivity index (χ3v) is 5.87. The van der Waals surface area contributed by atoms with E-state index in [-0.39, 0.29) is 19.2 Å². The minimum atomic E-state index is -0.901. The summed E-state index contributed by atoms with van der Waals surface area (Å²) in [6.07, 6.45) is 0. The molecule has 12 heteroatoms. The summed E-state index contributed by atoms with van der Waals surface area (Å²) in [5.74, 6) is 1.03. The molecule has 4 heterocycles. The van der Waals surface area contributed by atoms with Crippen molar-refractivity contribution in [3.63, 3.8) is 0 Å². The van der Waals surface area contributed by atoms with Crippen LogP contribution in [0.5, 0.6) is 11.5 Å². The summed E-state index contributed by atoms with van der Waals surface area (Å²) in [4.78, 5) is 31.4. The molecule has 0 radical (unpaired) electrons. The molecule has 3 aliphatic rings. The van der Waals surface area contributed by atoms with Crippen molar-refractivity contribution in [1.29, 1.82) is 0 Å². The SMILES string of the molecule is O=C1[C@H]2N=NN(Cc3nc(-c4ccc5c(c4)OCO5)no3)[C@@H]2C(=O)N1c1ccc(Br)cc1. The second kappa shape index (κ2) is 7.12. The van der Waals surface area contributed by atoms with Gasteiger partial charge in [-0.2, -0.15) is 10.1 Å². The number of carbonyl (C=O) groups excluding carboxylic acids is 2. The summed E-state index contributed by atoms with van der Waals surface area (Å²) in [6.45, 7) is 0.207. The number of rotatable bonds is 4. The van der Waals surface area contributed by atoms with Crippen molar-refractivity contribution in [2.24, 2.45) is 10.3 Å². The third kappa shape index (κ3) is 2.94. The van der Waals surface area contributed by atoms with Crippen LogP contribution < -0.4 is 14.4 Å². The Morgan fingerprint density at radius 1 is 1.03 bits per heavy atom. The lowest BCUT2D eigenvalue weighted by Gasteiger charge is -2.19. The Hall–Kier alpha value is -3.80. The van der Waals surface area contributed by atoms with E-state index in [0.717, 1.165) is 9.37 Å². The monoisotopic (exact) mass is 496 g/mol. The van der Waals surface area contributed by atoms with Crippen LogP contribution in [0.15, 0.2) is 61.8 Å². The molecule has 0 spiro atoms. The molecule has 0 N–H and O–H groups in total. The molecule has 3 aliphatic heterocycles. The zero-order chi connectivity index (χ0) is 21.8. The Morgan fingerprint density at radius 3 is 2.69 bits per heavy atom. The number of aromatic nitrogens is 2. The summed E-state index contributed by atoms with van der Waals surface area (Å²) in [6, 6.07) is 10.5. The molecule has 2 aromatic carbocycles. The van der Waals surface area contributed by atoms with Crippen LogP contribution in [0.25, 0.3) is 11.4 Å². The van der Waals surface area contributed by atoms with Crippen molar-refractivity contribution < 1.29 is 23.6 Å². The lowest BCUT2D eigenvalue weighted by atomic mass is 10.1. The smallest absolute Gasteiger partial charge is 0.263 e. The van der Waals surface area contributed by atoms with Crippen molar-refractivity contribution in [1.82, 2.24) is 15.1 Å². The van der Waals surface area contributed by atoms with Crippen molar-refractivity contribution in [3.05, 3.63) is 52.8 Å². The number of benzene rings is 2. The van der Waals surface area contributed by atoms with E-state index in [2.05, 4.69) is 36.4 Å². The fraction of sp³-hybridized carbons (Fsp3) is 0.200. The zero-order valence-electron chi connectivity index (χ0n) is 16.2. The Kier molecular flexibility index (Phi) is 4.21. The fourth-order valence-corrected chi connectivity index (χ4v) is 4.07. The first-order valence-electron chi connectivity index (χ1n) is 9.62. The Bertz CT molecular complexity index is 1280. The number of hydrogen-bond acceptors (Lipinski definition) is 10. The minimum absolute atomic E-state index is 0.0371. The molecule has 11 nitrogen and oxygen atoms in total. The Morgan fingerprint density at radius 2 is 1.84 bits per heavy atom. The summed E-state index contributed by atoms with van der Waals surface area (Å²) in [7, 11) is 0. The molecule has 32 heavy (non-hydrogen) atoms. The van der Waals surface area contributed by atoms with Crippen molar-refractivity contribution >= 4 is 33.4 Å². The van der Waals surface area contributed by atoms with Gasteiger partial charge >= 0.3 is 0 Å². The maximum atomic E-state index is 13.1. The number of anilines is 1. The topological polar surface area (TPSA) is 123 Å². The molecule has 0 aliphatic carbocycles. The third-order valence-electron chi connectivity index (χ3n) is 5.34. The normalized spacial score (nSPS) is 21.0. The first kappa shape index (κ1) is 18.9. The Balaban J connectivity index is 1.22. The van der Waals surface area contributed by atoms with Crippen LogP contribution in [0, 0.1) is 0 Å². The molecule has 2 amide bonds. The van der Waals surface area contributed by atoms with Crippen LogP contribution in [-0.4, -0.2) is 45.8 Å². The van der Waals surface area contributed by atoms with Gasteiger partial charge in [0.25, 0.3) is 11.8 Å². The number of hydrogen-bond donors (Lipinski definition) is 0. The van der Waals surface area contributed by atoms with Crippen LogP contribution in [0.4, 0.5) is 5.69 Å². The standard InChI is InChI=1S/C20H13BrN6O5/c21-11-2-4-12(5-3-11)27-19(28)16-17(20(27)29)26(25-23-16)8-15-22-18(24-32-15)10-1-6-13-14(7-10)31-9-30-13/h1-7,16-17H,8-9H2/t16-,17-/m0/s1. The van der Waals surface area contributed by atoms with Gasteiger partial charge in [-0.3, -0.25) is 14.6 Å². The fourth-order valence-electron chi connectivity index (χ4n) is 3.81. The molecule has 1 saturated heterocycles. The van der Waals surface area contributed by atoms with E-state index in [0.29, 0.717) is 28.6 Å². The molecular formula is C20H13BrN6O5. The van der Waals surface area contributed by atoms with Crippen molar-refractivity contribution in [3.8, 4) is 22.9 Å². The predicted molar refractivity (Wildman–Crippen MR) is 110 cm³/mol. The molecule has 0 saturated carbocycles. The average molecular weight is 497 g/mol. The highest BCUT2D eigenvalue weighted by atomic mass is 79.9. The molecule has 1 fully saturated rings. The lowest BCUT2D eigenvalue weighted by Crippen LogP contribution is -2.39. The van der Waals surface area contributed by atoms with Gasteiger partial charge in [0, 0.05) is 10.0 Å². The van der Waals surface area contributed by atoms with Gasteiger partial charge in [0.15, 0.2) is 23.6 Å². The minimum Gasteiger partial charge on any atom is -0.454 e. The van der Waals surface area contributed by atoms with Gasteiger partial charge in [-0.25, -0.2) is 4.90 Å². The quantitative estimate of drug-likeness (QED) is 0.505. The van der Waals surface area contributed by atoms with E-state index in [9.17, 15) is 9.59 Å². The van der Waals surface area contributed by atoms with Gasteiger partial charge in [-0.1, -0.05) is 26.3 Å². The molecular weight excluding hydrogens is 484 g/mol. The average Bonchev–Trinajstić information content (AvgIpc) is 3.57. The van der Waals surface area contributed by atoms with Crippen LogP contribution in [0.2, 0.25) is 0 Å². The second-order valence-corrected chi connectivity index (χ2v) is 8.18. The number of amides is 2. The number of carbonyl (C=O) groups is 2. The highest BCUT2D eigenvalue weighted by Crippen LogP contribution is 2.36. The van der Waals surface area contributed by atoms with E-state index >= 15 is 0 Å². The van der Waals surface area contributed by atoms with Crippen LogP contribution in [0.1, 0.15) is 5.89 Å². The van der Waals surface area contributed by atoms with Crippen LogP contribution >= 0.6 is 15.9 Å². The Labute approximate surface area is 188 Å². The second-order valence-electron chi connectivity index (χ2n) is 7.26. The summed E-state index contributed by atoms with van der Waals surface area (Å²) >= 11 is 3.35. The maximum Gasteiger partial charge on any atom is 0.263 e. The van der Waals surface area contributed by atoms with Gasteiger partial charge in [-0.05, 0) is 42.5 Å². The van der Waals surface area contributed by atoms with E-state index in [4.69, 9.17) is 14.0 Å². The number of halogens is 1. The van der Waals surface area contributed by atoms with E-state index in [1.165, 1.54) is 5.01 Å². The molecule has 1 aromatic heterocycles. The molecule has 0 unspecified atom stereocenters. The molecule has 160 valence electrons. The number of ether oxygens (including phenoxy) is 2. The summed E-state index contributed by atoms with van der Waals surface area (Å²) < 4.78 is 16.9. The van der Waals surface area contributed by atoms with Gasteiger partial charge < -0.3 is 14.0 Å². The predicted octanol–water partition coefficient (Wildman–Crippen LogP) is 2.72. The van der Waals surface area contributed by atoms with Gasteiger partial charge in [0.1, 0.15) is 6.54 Å². The van der Waals surface area contributed by atoms with Gasteiger partial charge in [0.2, 0.25) is 18.5 Å². The highest BCUT2D eigenvalue weighted by Gasteiger charge is 2.55. The zero-order valence-corrected chi connectivity index (χ0v) is 17.8. The van der Waals surface area contributed by atoms with E-state index in [1.54, 1.807) is 42.5 Å². The van der Waals surface area contributed by atoms with Crippen LogP contribution in [0.3, 0.4) is 0 Å². The number of nitrogens with zero attached hydrogens (tertiary/aromatic N) is 6. The van der Waals surface area contributed by atoms with Gasteiger partial charge in [-0.15, -0.1) is 0 Å². The highest BCUT2D eigenvalue weighted by molar-refractivity contribution is 9.10. The lowest BCUT2D eigenvalue weighted by molar-refractivity contribution is -0.123. The first-order valence-corrected chi connectivity index (χ1v) is 10.4. The summed E-state index contributed by atoms with van der Waals surface area (Å²) in [5.41, 5.74) is 1.18. The van der Waals surface area contributed by atoms with E-state index < -0.39 is 23.9 Å².